The molecule has 1 saturated carbocycles. The van der Waals surface area contributed by atoms with Crippen LogP contribution in [-0.4, -0.2) is 23.8 Å². The lowest BCUT2D eigenvalue weighted by molar-refractivity contribution is -0.166. The van der Waals surface area contributed by atoms with Crippen molar-refractivity contribution < 1.29 is 19.0 Å². The van der Waals surface area contributed by atoms with Crippen LogP contribution in [-0.2, 0) is 14.9 Å². The molecule has 0 aromatic heterocycles. The first-order chi connectivity index (χ1) is 8.32. The molecule has 1 fully saturated rings. The van der Waals surface area contributed by atoms with Crippen LogP contribution in [0.3, 0.4) is 0 Å². The SMILES string of the molecule is COC(=O)C1(c2c(F)cccc2Cl)CC(C)(O)C1. The first-order valence-electron chi connectivity index (χ1n) is 5.58. The Morgan fingerprint density at radius 2 is 2.11 bits per heavy atom. The highest BCUT2D eigenvalue weighted by Crippen LogP contribution is 2.53. The van der Waals surface area contributed by atoms with Gasteiger partial charge in [-0.2, -0.15) is 0 Å². The second-order valence-corrected chi connectivity index (χ2v) is 5.43. The third-order valence-electron chi connectivity index (χ3n) is 3.38. The van der Waals surface area contributed by atoms with E-state index in [1.807, 2.05) is 0 Å². The van der Waals surface area contributed by atoms with Crippen molar-refractivity contribution in [3.8, 4) is 0 Å². The zero-order chi connectivity index (χ0) is 13.6. The number of halogens is 2. The highest BCUT2D eigenvalue weighted by Gasteiger charge is 2.59. The number of carbonyl (C=O) groups excluding carboxylic acids is 1. The average Bonchev–Trinajstić information content (AvgIpc) is 2.24. The van der Waals surface area contributed by atoms with E-state index in [-0.39, 0.29) is 23.4 Å². The molecule has 0 atom stereocenters. The van der Waals surface area contributed by atoms with Crippen LogP contribution < -0.4 is 0 Å². The second-order valence-electron chi connectivity index (χ2n) is 5.02. The summed E-state index contributed by atoms with van der Waals surface area (Å²) in [7, 11) is 1.24. The molecule has 0 bridgehead atoms. The molecule has 0 radical (unpaired) electrons. The summed E-state index contributed by atoms with van der Waals surface area (Å²) >= 11 is 5.99. The minimum Gasteiger partial charge on any atom is -0.468 e. The molecule has 1 aromatic rings. The quantitative estimate of drug-likeness (QED) is 0.841. The summed E-state index contributed by atoms with van der Waals surface area (Å²) < 4.78 is 18.7. The molecule has 0 spiro atoms. The predicted octanol–water partition coefficient (Wildman–Crippen LogP) is 2.43. The number of hydrogen-bond donors (Lipinski definition) is 1. The van der Waals surface area contributed by atoms with E-state index in [4.69, 9.17) is 16.3 Å². The van der Waals surface area contributed by atoms with Crippen LogP contribution in [0.25, 0.3) is 0 Å². The van der Waals surface area contributed by atoms with Crippen LogP contribution in [0.5, 0.6) is 0 Å². The predicted molar refractivity (Wildman–Crippen MR) is 65.0 cm³/mol. The standard InChI is InChI=1S/C13H14ClFO3/c1-12(17)6-13(7-12,11(16)18-2)10-8(14)4-3-5-9(10)15/h3-5,17H,6-7H2,1-2H3. The minimum atomic E-state index is -1.18. The number of rotatable bonds is 2. The lowest BCUT2D eigenvalue weighted by Crippen LogP contribution is -2.58. The summed E-state index contributed by atoms with van der Waals surface area (Å²) in [6.07, 6.45) is 0.209. The second kappa shape index (κ2) is 4.21. The van der Waals surface area contributed by atoms with Gasteiger partial charge in [-0.15, -0.1) is 0 Å². The maximum absolute atomic E-state index is 13.9. The lowest BCUT2D eigenvalue weighted by Gasteiger charge is -2.50. The Morgan fingerprint density at radius 3 is 2.56 bits per heavy atom. The van der Waals surface area contributed by atoms with E-state index in [1.54, 1.807) is 6.92 Å². The fraction of sp³-hybridized carbons (Fsp3) is 0.462. The van der Waals surface area contributed by atoms with Crippen LogP contribution in [0.1, 0.15) is 25.3 Å². The number of ether oxygens (including phenoxy) is 1. The minimum absolute atomic E-state index is 0.104. The van der Waals surface area contributed by atoms with Crippen molar-refractivity contribution in [1.82, 2.24) is 0 Å². The maximum Gasteiger partial charge on any atom is 0.316 e. The van der Waals surface area contributed by atoms with E-state index in [1.165, 1.54) is 25.3 Å². The Bertz CT molecular complexity index is 471. The molecule has 2 rings (SSSR count). The molecule has 1 aliphatic carbocycles. The van der Waals surface area contributed by atoms with Crippen LogP contribution in [0.15, 0.2) is 18.2 Å². The molecule has 1 aromatic carbocycles. The molecule has 98 valence electrons. The summed E-state index contributed by atoms with van der Waals surface area (Å²) in [4.78, 5) is 12.0. The number of carbonyl (C=O) groups is 1. The molecular formula is C13H14ClFO3. The molecule has 5 heteroatoms. The molecule has 0 saturated heterocycles. The average molecular weight is 273 g/mol. The highest BCUT2D eigenvalue weighted by atomic mass is 35.5. The normalized spacial score (nSPS) is 30.7. The van der Waals surface area contributed by atoms with Crippen LogP contribution >= 0.6 is 11.6 Å². The van der Waals surface area contributed by atoms with Gasteiger partial charge in [-0.1, -0.05) is 17.7 Å². The number of methoxy groups -OCH3 is 1. The Kier molecular flexibility index (Phi) is 3.11. The van der Waals surface area contributed by atoms with E-state index < -0.39 is 22.8 Å². The van der Waals surface area contributed by atoms with Crippen molar-refractivity contribution in [3.05, 3.63) is 34.6 Å². The molecule has 0 amide bonds. The van der Waals surface area contributed by atoms with Crippen molar-refractivity contribution >= 4 is 17.6 Å². The van der Waals surface area contributed by atoms with Crippen molar-refractivity contribution in [2.75, 3.05) is 7.11 Å². The largest absolute Gasteiger partial charge is 0.468 e. The Labute approximate surface area is 110 Å². The monoisotopic (exact) mass is 272 g/mol. The Balaban J connectivity index is 2.53. The molecule has 3 nitrogen and oxygen atoms in total. The van der Waals surface area contributed by atoms with Gasteiger partial charge in [-0.05, 0) is 31.9 Å². The lowest BCUT2D eigenvalue weighted by atomic mass is 9.56. The summed E-state index contributed by atoms with van der Waals surface area (Å²) in [6.45, 7) is 1.60. The summed E-state index contributed by atoms with van der Waals surface area (Å²) in [5, 5.41) is 10.0. The van der Waals surface area contributed by atoms with Gasteiger partial charge in [0.25, 0.3) is 0 Å². The first-order valence-corrected chi connectivity index (χ1v) is 5.95. The van der Waals surface area contributed by atoms with Gasteiger partial charge in [-0.3, -0.25) is 4.79 Å². The van der Waals surface area contributed by atoms with E-state index in [0.29, 0.717) is 0 Å². The summed E-state index contributed by atoms with van der Waals surface area (Å²) in [6, 6.07) is 4.25. The highest BCUT2D eigenvalue weighted by molar-refractivity contribution is 6.31. The van der Waals surface area contributed by atoms with Crippen LogP contribution in [0.4, 0.5) is 4.39 Å². The Morgan fingerprint density at radius 1 is 1.50 bits per heavy atom. The number of benzene rings is 1. The van der Waals surface area contributed by atoms with Gasteiger partial charge in [0.1, 0.15) is 11.2 Å². The van der Waals surface area contributed by atoms with E-state index in [9.17, 15) is 14.3 Å². The third-order valence-corrected chi connectivity index (χ3v) is 3.70. The number of hydrogen-bond acceptors (Lipinski definition) is 3. The van der Waals surface area contributed by atoms with Crippen molar-refractivity contribution in [3.63, 3.8) is 0 Å². The molecule has 1 aliphatic rings. The molecule has 18 heavy (non-hydrogen) atoms. The number of aliphatic hydroxyl groups is 1. The molecule has 0 unspecified atom stereocenters. The summed E-state index contributed by atoms with van der Waals surface area (Å²) in [5.74, 6) is -1.12. The zero-order valence-corrected chi connectivity index (χ0v) is 10.9. The van der Waals surface area contributed by atoms with Crippen molar-refractivity contribution in [1.29, 1.82) is 0 Å². The maximum atomic E-state index is 13.9. The van der Waals surface area contributed by atoms with E-state index in [2.05, 4.69) is 0 Å². The molecule has 1 N–H and O–H groups in total. The van der Waals surface area contributed by atoms with Gasteiger partial charge in [0.15, 0.2) is 0 Å². The molecule has 0 aliphatic heterocycles. The van der Waals surface area contributed by atoms with Gasteiger partial charge in [0.2, 0.25) is 0 Å². The summed E-state index contributed by atoms with van der Waals surface area (Å²) in [5.41, 5.74) is -2.06. The molecule has 0 heterocycles. The fourth-order valence-electron chi connectivity index (χ4n) is 2.82. The van der Waals surface area contributed by atoms with Crippen LogP contribution in [0.2, 0.25) is 5.02 Å². The van der Waals surface area contributed by atoms with Crippen molar-refractivity contribution in [2.45, 2.75) is 30.8 Å². The van der Waals surface area contributed by atoms with Crippen LogP contribution in [0, 0.1) is 5.82 Å². The van der Waals surface area contributed by atoms with Gasteiger partial charge in [0.05, 0.1) is 12.7 Å². The molecular weight excluding hydrogens is 259 g/mol. The topological polar surface area (TPSA) is 46.5 Å². The fourth-order valence-corrected chi connectivity index (χ4v) is 3.17. The van der Waals surface area contributed by atoms with E-state index >= 15 is 0 Å². The van der Waals surface area contributed by atoms with Crippen molar-refractivity contribution in [2.24, 2.45) is 0 Å². The smallest absolute Gasteiger partial charge is 0.316 e. The zero-order valence-electron chi connectivity index (χ0n) is 10.2. The third kappa shape index (κ3) is 1.89. The first kappa shape index (κ1) is 13.3. The van der Waals surface area contributed by atoms with Gasteiger partial charge >= 0.3 is 5.97 Å². The van der Waals surface area contributed by atoms with Gasteiger partial charge < -0.3 is 9.84 Å². The Hall–Kier alpha value is -1.13. The van der Waals surface area contributed by atoms with Gasteiger partial charge in [0, 0.05) is 10.6 Å². The van der Waals surface area contributed by atoms with Gasteiger partial charge in [-0.25, -0.2) is 4.39 Å². The number of esters is 1. The van der Waals surface area contributed by atoms with E-state index in [0.717, 1.165) is 0 Å².